The van der Waals surface area contributed by atoms with Crippen LogP contribution in [-0.2, 0) is 11.2 Å². The molecule has 4 rings (SSSR count). The third-order valence-corrected chi connectivity index (χ3v) is 5.38. The first kappa shape index (κ1) is 17.7. The molecule has 1 saturated heterocycles. The summed E-state index contributed by atoms with van der Waals surface area (Å²) in [5.41, 5.74) is 4.67. The van der Waals surface area contributed by atoms with E-state index in [2.05, 4.69) is 30.3 Å². The molecule has 2 heterocycles. The second-order valence-electron chi connectivity index (χ2n) is 8.31. The molecule has 0 amide bonds. The third-order valence-electron chi connectivity index (χ3n) is 5.38. The summed E-state index contributed by atoms with van der Waals surface area (Å²) in [6.45, 7) is 7.51. The summed E-state index contributed by atoms with van der Waals surface area (Å²) in [6, 6.07) is 8.12. The number of hydrogen-bond donors (Lipinski definition) is 1. The summed E-state index contributed by atoms with van der Waals surface area (Å²) < 4.78 is 7.31. The van der Waals surface area contributed by atoms with E-state index in [9.17, 15) is 10.1 Å². The molecule has 0 saturated carbocycles. The molecule has 2 aromatic rings. The van der Waals surface area contributed by atoms with Crippen LogP contribution in [0.25, 0.3) is 5.69 Å². The van der Waals surface area contributed by atoms with E-state index in [1.165, 1.54) is 0 Å². The molecule has 1 fully saturated rings. The Bertz CT molecular complexity index is 946. The minimum Gasteiger partial charge on any atom is -0.379 e. The lowest BCUT2D eigenvalue weighted by Gasteiger charge is -2.29. The second-order valence-corrected chi connectivity index (χ2v) is 8.31. The number of benzene rings is 1. The van der Waals surface area contributed by atoms with Gasteiger partial charge in [-0.25, -0.2) is 4.68 Å². The Morgan fingerprint density at radius 3 is 2.89 bits per heavy atom. The Morgan fingerprint density at radius 2 is 2.19 bits per heavy atom. The van der Waals surface area contributed by atoms with Crippen molar-refractivity contribution in [3.63, 3.8) is 0 Å². The minimum absolute atomic E-state index is 0.0802. The zero-order valence-electron chi connectivity index (χ0n) is 16.0. The standard InChI is InChI=1S/C21H24N4O2/c1-13-20-18(9-21(2,3)10-19(20)26)25(24-13)16-5-4-14(11-22)17(8-16)23-15-6-7-27-12-15/h4-5,8,15,23H,6-7,9-10,12H2,1-3H3. The first-order valence-electron chi connectivity index (χ1n) is 9.38. The number of carbonyl (C=O) groups is 1. The van der Waals surface area contributed by atoms with E-state index in [-0.39, 0.29) is 17.2 Å². The van der Waals surface area contributed by atoms with Crippen molar-refractivity contribution in [1.29, 1.82) is 5.26 Å². The fraction of sp³-hybridized carbons (Fsp3) is 0.476. The van der Waals surface area contributed by atoms with Crippen molar-refractivity contribution in [3.8, 4) is 11.8 Å². The monoisotopic (exact) mass is 364 g/mol. The van der Waals surface area contributed by atoms with Crippen molar-refractivity contribution >= 4 is 11.5 Å². The van der Waals surface area contributed by atoms with Crippen molar-refractivity contribution in [2.75, 3.05) is 18.5 Å². The average molecular weight is 364 g/mol. The number of carbonyl (C=O) groups excluding carboxylic acids is 1. The Hall–Kier alpha value is -2.65. The Balaban J connectivity index is 1.77. The van der Waals surface area contributed by atoms with Crippen molar-refractivity contribution in [2.24, 2.45) is 5.41 Å². The normalized spacial score (nSPS) is 21.0. The van der Waals surface area contributed by atoms with Crippen molar-refractivity contribution < 1.29 is 9.53 Å². The molecule has 1 aromatic heterocycles. The van der Waals surface area contributed by atoms with Crippen LogP contribution >= 0.6 is 0 Å². The number of nitriles is 1. The van der Waals surface area contributed by atoms with Gasteiger partial charge in [0.25, 0.3) is 0 Å². The molecular formula is C21H24N4O2. The molecule has 1 aliphatic heterocycles. The fourth-order valence-corrected chi connectivity index (χ4v) is 4.10. The maximum atomic E-state index is 12.6. The van der Waals surface area contributed by atoms with Crippen LogP contribution in [0.4, 0.5) is 5.69 Å². The molecule has 27 heavy (non-hydrogen) atoms. The van der Waals surface area contributed by atoms with Crippen LogP contribution in [0.2, 0.25) is 0 Å². The van der Waals surface area contributed by atoms with Gasteiger partial charge in [0.2, 0.25) is 0 Å². The van der Waals surface area contributed by atoms with Crippen LogP contribution in [0.1, 0.15) is 54.0 Å². The van der Waals surface area contributed by atoms with E-state index >= 15 is 0 Å². The highest BCUT2D eigenvalue weighted by atomic mass is 16.5. The summed E-state index contributed by atoms with van der Waals surface area (Å²) in [5, 5.41) is 17.6. The molecule has 0 bridgehead atoms. The summed E-state index contributed by atoms with van der Waals surface area (Å²) in [4.78, 5) is 12.6. The molecule has 1 aromatic carbocycles. The van der Waals surface area contributed by atoms with Crippen LogP contribution in [-0.4, -0.2) is 34.8 Å². The number of anilines is 1. The number of nitrogens with one attached hydrogen (secondary N) is 1. The van der Waals surface area contributed by atoms with Crippen molar-refractivity contribution in [3.05, 3.63) is 40.7 Å². The van der Waals surface area contributed by atoms with Gasteiger partial charge in [-0.15, -0.1) is 0 Å². The topological polar surface area (TPSA) is 79.9 Å². The first-order valence-corrected chi connectivity index (χ1v) is 9.38. The molecule has 1 unspecified atom stereocenters. The van der Waals surface area contributed by atoms with Crippen LogP contribution in [0.5, 0.6) is 0 Å². The molecule has 0 radical (unpaired) electrons. The average Bonchev–Trinajstić information content (AvgIpc) is 3.21. The molecule has 0 spiro atoms. The van der Waals surface area contributed by atoms with Crippen LogP contribution in [0.3, 0.4) is 0 Å². The summed E-state index contributed by atoms with van der Waals surface area (Å²) >= 11 is 0. The van der Waals surface area contributed by atoms with E-state index in [4.69, 9.17) is 4.74 Å². The summed E-state index contributed by atoms with van der Waals surface area (Å²) in [7, 11) is 0. The minimum atomic E-state index is -0.0802. The number of hydrogen-bond acceptors (Lipinski definition) is 5. The van der Waals surface area contributed by atoms with Gasteiger partial charge in [-0.3, -0.25) is 4.79 Å². The predicted octanol–water partition coefficient (Wildman–Crippen LogP) is 3.41. The van der Waals surface area contributed by atoms with Crippen LogP contribution < -0.4 is 5.32 Å². The smallest absolute Gasteiger partial charge is 0.167 e. The highest BCUT2D eigenvalue weighted by molar-refractivity contribution is 5.99. The Morgan fingerprint density at radius 1 is 1.37 bits per heavy atom. The van der Waals surface area contributed by atoms with E-state index in [1.807, 2.05) is 29.8 Å². The van der Waals surface area contributed by atoms with Crippen LogP contribution in [0, 0.1) is 23.7 Å². The molecule has 6 heteroatoms. The Labute approximate surface area is 159 Å². The molecule has 140 valence electrons. The highest BCUT2D eigenvalue weighted by Gasteiger charge is 2.35. The SMILES string of the molecule is Cc1nn(-c2ccc(C#N)c(NC3CCOC3)c2)c2c1C(=O)CC(C)(C)C2. The zero-order valence-corrected chi connectivity index (χ0v) is 16.0. The molecule has 1 N–H and O–H groups in total. The Kier molecular flexibility index (Phi) is 4.27. The van der Waals surface area contributed by atoms with E-state index in [0.717, 1.165) is 47.8 Å². The number of fused-ring (bicyclic) bond motifs is 1. The van der Waals surface area contributed by atoms with Gasteiger partial charge in [-0.1, -0.05) is 13.8 Å². The number of ketones is 1. The zero-order chi connectivity index (χ0) is 19.2. The fourth-order valence-electron chi connectivity index (χ4n) is 4.10. The maximum absolute atomic E-state index is 12.6. The number of rotatable bonds is 3. The van der Waals surface area contributed by atoms with Crippen molar-refractivity contribution in [1.82, 2.24) is 9.78 Å². The lowest BCUT2D eigenvalue weighted by molar-refractivity contribution is 0.0910. The van der Waals surface area contributed by atoms with Gasteiger partial charge in [-0.2, -0.15) is 10.4 Å². The van der Waals surface area contributed by atoms with Gasteiger partial charge in [0.15, 0.2) is 5.78 Å². The number of aromatic nitrogens is 2. The van der Waals surface area contributed by atoms with Gasteiger partial charge < -0.3 is 10.1 Å². The van der Waals surface area contributed by atoms with Crippen LogP contribution in [0.15, 0.2) is 18.2 Å². The molecule has 6 nitrogen and oxygen atoms in total. The number of nitrogens with zero attached hydrogens (tertiary/aromatic N) is 3. The number of ether oxygens (including phenoxy) is 1. The quantitative estimate of drug-likeness (QED) is 0.903. The highest BCUT2D eigenvalue weighted by Crippen LogP contribution is 2.37. The maximum Gasteiger partial charge on any atom is 0.167 e. The summed E-state index contributed by atoms with van der Waals surface area (Å²) in [6.07, 6.45) is 2.27. The van der Waals surface area contributed by atoms with Gasteiger partial charge >= 0.3 is 0 Å². The van der Waals surface area contributed by atoms with Gasteiger partial charge in [-0.05, 0) is 43.4 Å². The number of Topliss-reactive ketones (excluding diaryl/α,β-unsaturated/α-hetero) is 1. The number of aryl methyl sites for hydroxylation is 1. The summed E-state index contributed by atoms with van der Waals surface area (Å²) in [5.74, 6) is 0.167. The van der Waals surface area contributed by atoms with Gasteiger partial charge in [0, 0.05) is 13.0 Å². The largest absolute Gasteiger partial charge is 0.379 e. The van der Waals surface area contributed by atoms with Gasteiger partial charge in [0.1, 0.15) is 6.07 Å². The van der Waals surface area contributed by atoms with E-state index in [0.29, 0.717) is 18.6 Å². The lowest BCUT2D eigenvalue weighted by atomic mass is 9.75. The molecular weight excluding hydrogens is 340 g/mol. The first-order chi connectivity index (χ1) is 12.9. The van der Waals surface area contributed by atoms with E-state index in [1.54, 1.807) is 0 Å². The third kappa shape index (κ3) is 3.24. The van der Waals surface area contributed by atoms with Crippen molar-refractivity contribution in [2.45, 2.75) is 46.1 Å². The molecule has 2 aliphatic rings. The molecule has 1 atom stereocenters. The van der Waals surface area contributed by atoms with E-state index < -0.39 is 0 Å². The second kappa shape index (κ2) is 6.50. The predicted molar refractivity (Wildman–Crippen MR) is 102 cm³/mol. The lowest BCUT2D eigenvalue weighted by Crippen LogP contribution is -2.28. The van der Waals surface area contributed by atoms with Gasteiger partial charge in [0.05, 0.1) is 46.5 Å². The molecule has 1 aliphatic carbocycles.